The van der Waals surface area contributed by atoms with Crippen molar-refractivity contribution in [2.24, 2.45) is 0 Å². The number of rotatable bonds is 42. The van der Waals surface area contributed by atoms with Crippen LogP contribution < -0.4 is 71.9 Å². The van der Waals surface area contributed by atoms with Crippen LogP contribution in [0.15, 0.2) is 54.6 Å². The van der Waals surface area contributed by atoms with Crippen LogP contribution in [-0.4, -0.2) is 222 Å². The average Bonchev–Trinajstić information content (AvgIpc) is 1.13. The Morgan fingerprint density at radius 1 is 0.188 bits per heavy atom. The summed E-state index contributed by atoms with van der Waals surface area (Å²) in [7, 11) is 4.99. The minimum Gasteiger partial charge on any atom is -1.00 e. The van der Waals surface area contributed by atoms with Gasteiger partial charge in [0.25, 0.3) is 0 Å². The molecule has 0 aliphatic rings. The Labute approximate surface area is 706 Å². The van der Waals surface area contributed by atoms with Gasteiger partial charge >= 0.3 is 51.2 Å². The van der Waals surface area contributed by atoms with Gasteiger partial charge in [-0.3, -0.25) is 17.8 Å². The normalized spacial score (nSPS) is 10.1. The number of halogens is 3. The Bertz CT molecular complexity index is 1440. The van der Waals surface area contributed by atoms with E-state index in [9.17, 15) is 0 Å². The molecule has 0 N–H and O–H groups in total. The second kappa shape index (κ2) is 103. The van der Waals surface area contributed by atoms with Crippen LogP contribution in [0.25, 0.3) is 0 Å². The van der Waals surface area contributed by atoms with Crippen molar-refractivity contribution in [3.8, 4) is 17.8 Å². The molecule has 2 aromatic carbocycles. The summed E-state index contributed by atoms with van der Waals surface area (Å²) in [5.74, 6) is 6.54. The Hall–Kier alpha value is 6.03. The molecule has 0 aliphatic carbocycles. The number of hydrogen-bond acceptors (Lipinski definition) is 0. The minimum atomic E-state index is 0. The van der Waals surface area contributed by atoms with Gasteiger partial charge in [0, 0.05) is 0 Å². The zero-order chi connectivity index (χ0) is 69.6. The molecular formula is C78H153Fe3I3P12. The predicted molar refractivity (Wildman–Crippen MR) is 466 cm³/mol. The van der Waals surface area contributed by atoms with Crippen LogP contribution in [0.1, 0.15) is 183 Å². The average molecular weight is 2010 g/mol. The Morgan fingerprint density at radius 3 is 0.312 bits per heavy atom. The van der Waals surface area contributed by atoms with Gasteiger partial charge in [-0.15, -0.1) is 95.1 Å². The maximum Gasteiger partial charge on any atom is 2.00 e. The van der Waals surface area contributed by atoms with Crippen molar-refractivity contribution in [2.75, 3.05) is 222 Å². The van der Waals surface area contributed by atoms with E-state index in [0.717, 1.165) is 0 Å². The summed E-state index contributed by atoms with van der Waals surface area (Å²) >= 11 is 0. The fourth-order valence-electron chi connectivity index (χ4n) is 9.40. The molecule has 0 atom stereocenters. The van der Waals surface area contributed by atoms with Gasteiger partial charge in [-0.2, -0.15) is 16.7 Å². The molecular weight excluding hydrogens is 1860 g/mol. The number of benzene rings is 2. The molecule has 0 nitrogen and oxygen atoms in total. The third kappa shape index (κ3) is 84.1. The second-order valence-corrected chi connectivity index (χ2v) is 58.3. The summed E-state index contributed by atoms with van der Waals surface area (Å²) in [6, 6.07) is 16.8. The van der Waals surface area contributed by atoms with Crippen molar-refractivity contribution in [3.05, 3.63) is 90.6 Å². The summed E-state index contributed by atoms with van der Waals surface area (Å²) in [4.78, 5) is 0. The SMILES string of the molecule is CCP(CC)CCP(CC)CC.CCP(CC)CCP(CC)CC.CCP(CC)CCP(CC)CC.CCP(CC)CCP(CC)CC.CCP(CC)CCP(CC)CC.CCP(CC)CCP(CC)CC.[C-]#Cc1cc(C#[C-])cc(C#[C-])c1.[Fe+2].[Fe+2].[Fe+2].[I-].[I-].[I-].c1ccccc1. The van der Waals surface area contributed by atoms with Gasteiger partial charge in [0.2, 0.25) is 0 Å². The molecule has 0 spiro atoms. The third-order valence-electron chi connectivity index (χ3n) is 17.2. The summed E-state index contributed by atoms with van der Waals surface area (Å²) in [5.41, 5.74) is 1.59. The van der Waals surface area contributed by atoms with E-state index in [2.05, 4.69) is 184 Å². The standard InChI is InChI=1S/C12H3.6C10H24P2.C6H6.3Fe.3HI/c1-4-10-7-11(5-2)9-12(6-3)8-10;6*1-5-11(6-2)9-10-12(7-3)8-4;1-2-4-6-5-3-1;;;;;;/h7-9H;6*5-10H2,1-4H3;1-6H;;;;3*1H/q-3;;;;;;;;3*+2;;;/p-3. The molecule has 0 fully saturated rings. The zero-order valence-corrected chi connectivity index (χ0v) is 87.2. The predicted octanol–water partition coefficient (Wildman–Crippen LogP) is 18.4. The smallest absolute Gasteiger partial charge is 1.00 e. The van der Waals surface area contributed by atoms with E-state index in [0.29, 0.717) is 112 Å². The molecule has 0 heterocycles. The Morgan fingerprint density at radius 2 is 0.260 bits per heavy atom. The molecule has 0 aromatic heterocycles. The number of hydrogen-bond donors (Lipinski definition) is 0. The third-order valence-corrected chi connectivity index (χ3v) is 51.0. The van der Waals surface area contributed by atoms with Crippen molar-refractivity contribution < 1.29 is 123 Å². The maximum absolute atomic E-state index is 6.86. The zero-order valence-electron chi connectivity index (χ0n) is 66.7. The van der Waals surface area contributed by atoms with E-state index >= 15 is 0 Å². The Kier molecular flexibility index (Phi) is 138. The first-order chi connectivity index (χ1) is 43.5. The van der Waals surface area contributed by atoms with Gasteiger partial charge in [0.15, 0.2) is 0 Å². The summed E-state index contributed by atoms with van der Waals surface area (Å²) in [6.45, 7) is 56.6. The molecule has 18 heteroatoms. The van der Waals surface area contributed by atoms with E-state index in [1.807, 2.05) is 36.4 Å². The van der Waals surface area contributed by atoms with Crippen LogP contribution in [-0.2, 0) is 51.2 Å². The van der Waals surface area contributed by atoms with Crippen LogP contribution in [0.5, 0.6) is 0 Å². The molecule has 0 amide bonds. The fourth-order valence-corrected chi connectivity index (χ4v) is 35.9. The Balaban J connectivity index is -0.0000000836. The van der Waals surface area contributed by atoms with E-state index in [-0.39, 0.29) is 123 Å². The van der Waals surface area contributed by atoms with Crippen LogP contribution in [0.4, 0.5) is 0 Å². The molecule has 0 aliphatic heterocycles. The van der Waals surface area contributed by atoms with E-state index in [1.165, 1.54) is 148 Å². The molecule has 570 valence electrons. The van der Waals surface area contributed by atoms with Crippen molar-refractivity contribution in [1.82, 2.24) is 0 Å². The topological polar surface area (TPSA) is 0 Å². The van der Waals surface area contributed by atoms with Crippen LogP contribution in [0.2, 0.25) is 0 Å². The molecule has 0 unspecified atom stereocenters. The molecule has 2 rings (SSSR count). The summed E-state index contributed by atoms with van der Waals surface area (Å²) in [6.07, 6.45) is 73.9. The first kappa shape index (κ1) is 128. The van der Waals surface area contributed by atoms with E-state index < -0.39 is 0 Å². The minimum absolute atomic E-state index is 0. The molecule has 0 radical (unpaired) electrons. The van der Waals surface area contributed by atoms with Crippen molar-refractivity contribution >= 4 is 95.1 Å². The molecule has 96 heavy (non-hydrogen) atoms. The monoisotopic (exact) mass is 2010 g/mol. The first-order valence-electron chi connectivity index (χ1n) is 36.6. The van der Waals surface area contributed by atoms with Crippen LogP contribution in [0, 0.1) is 37.0 Å². The maximum atomic E-state index is 6.86. The second-order valence-electron chi connectivity index (χ2n) is 21.7. The van der Waals surface area contributed by atoms with Gasteiger partial charge in [0.1, 0.15) is 0 Å². The largest absolute Gasteiger partial charge is 2.00 e. The van der Waals surface area contributed by atoms with Crippen LogP contribution >= 0.6 is 95.1 Å². The molecule has 0 saturated carbocycles. The fraction of sp³-hybridized carbons (Fsp3) is 0.769. The van der Waals surface area contributed by atoms with Gasteiger partial charge < -0.3 is 91.2 Å². The molecule has 2 aromatic rings. The van der Waals surface area contributed by atoms with Crippen molar-refractivity contribution in [1.29, 1.82) is 0 Å². The van der Waals surface area contributed by atoms with E-state index in [4.69, 9.17) is 19.3 Å². The molecule has 0 bridgehead atoms. The van der Waals surface area contributed by atoms with Gasteiger partial charge in [-0.25, -0.2) is 18.2 Å². The van der Waals surface area contributed by atoms with Gasteiger partial charge in [-0.1, -0.05) is 203 Å². The van der Waals surface area contributed by atoms with Gasteiger partial charge in [0.05, 0.1) is 0 Å². The van der Waals surface area contributed by atoms with E-state index in [1.54, 1.807) is 92.1 Å². The van der Waals surface area contributed by atoms with Crippen molar-refractivity contribution in [2.45, 2.75) is 166 Å². The van der Waals surface area contributed by atoms with Crippen molar-refractivity contribution in [3.63, 3.8) is 0 Å². The molecule has 0 saturated heterocycles. The van der Waals surface area contributed by atoms with Crippen LogP contribution in [0.3, 0.4) is 0 Å². The first-order valence-corrected chi connectivity index (χ1v) is 59.4. The van der Waals surface area contributed by atoms with Gasteiger partial charge in [-0.05, 0) is 222 Å². The summed E-state index contributed by atoms with van der Waals surface area (Å²) < 4.78 is 0. The summed E-state index contributed by atoms with van der Waals surface area (Å²) in [5, 5.41) is 0. The quantitative estimate of drug-likeness (QED) is 0.0204.